The zero-order valence-corrected chi connectivity index (χ0v) is 15.2. The van der Waals surface area contributed by atoms with Gasteiger partial charge in [-0.2, -0.15) is 0 Å². The van der Waals surface area contributed by atoms with Crippen LogP contribution in [0, 0.1) is 5.82 Å². The van der Waals surface area contributed by atoms with Crippen LogP contribution in [0.25, 0.3) is 0 Å². The van der Waals surface area contributed by atoms with Gasteiger partial charge in [0.1, 0.15) is 5.82 Å². The summed E-state index contributed by atoms with van der Waals surface area (Å²) >= 11 is 5.97. The molecule has 0 fully saturated rings. The van der Waals surface area contributed by atoms with Crippen LogP contribution in [0.1, 0.15) is 35.3 Å². The number of carbonyl (C=O) groups is 1. The minimum atomic E-state index is -0.602. The number of benzene rings is 2. The summed E-state index contributed by atoms with van der Waals surface area (Å²) in [6, 6.07) is 12.7. The Morgan fingerprint density at radius 1 is 1.20 bits per heavy atom. The van der Waals surface area contributed by atoms with Crippen LogP contribution in [-0.4, -0.2) is 29.4 Å². The topological polar surface area (TPSA) is 32.3 Å². The maximum atomic E-state index is 13.9. The second-order valence-electron chi connectivity index (χ2n) is 7.03. The first-order valence-electron chi connectivity index (χ1n) is 8.42. The van der Waals surface area contributed by atoms with Gasteiger partial charge in [-0.1, -0.05) is 41.9 Å². The smallest absolute Gasteiger partial charge is 0.255 e. The van der Waals surface area contributed by atoms with Crippen LogP contribution in [0.5, 0.6) is 0 Å². The number of halogens is 2. The number of hydrogen-bond donors (Lipinski definition) is 1. The summed E-state index contributed by atoms with van der Waals surface area (Å²) in [5.74, 6) is -1.08. The highest BCUT2D eigenvalue weighted by Gasteiger charge is 2.30. The fourth-order valence-corrected chi connectivity index (χ4v) is 3.47. The molecule has 132 valence electrons. The van der Waals surface area contributed by atoms with Crippen LogP contribution >= 0.6 is 11.6 Å². The first-order valence-corrected chi connectivity index (χ1v) is 8.80. The number of rotatable bonds is 4. The molecular weight excluding hydrogens is 339 g/mol. The molecule has 0 aromatic heterocycles. The Balaban J connectivity index is 1.67. The van der Waals surface area contributed by atoms with Crippen molar-refractivity contribution in [2.24, 2.45) is 0 Å². The highest BCUT2D eigenvalue weighted by Crippen LogP contribution is 2.25. The van der Waals surface area contributed by atoms with Gasteiger partial charge in [0.15, 0.2) is 0 Å². The van der Waals surface area contributed by atoms with Crippen molar-refractivity contribution in [1.82, 2.24) is 10.2 Å². The monoisotopic (exact) mass is 360 g/mol. The minimum absolute atomic E-state index is 0.0936. The van der Waals surface area contributed by atoms with E-state index in [9.17, 15) is 9.18 Å². The molecule has 0 saturated carbocycles. The number of carbonyl (C=O) groups excluding carboxylic acids is 1. The molecule has 0 radical (unpaired) electrons. The molecule has 0 saturated heterocycles. The zero-order chi connectivity index (χ0) is 18.0. The molecule has 3 rings (SSSR count). The summed E-state index contributed by atoms with van der Waals surface area (Å²) in [7, 11) is 0. The Hall–Kier alpha value is -1.91. The molecule has 1 aliphatic heterocycles. The van der Waals surface area contributed by atoms with E-state index in [0.717, 1.165) is 19.5 Å². The lowest BCUT2D eigenvalue weighted by Crippen LogP contribution is -2.53. The maximum absolute atomic E-state index is 13.9. The molecule has 0 unspecified atom stereocenters. The highest BCUT2D eigenvalue weighted by atomic mass is 35.5. The lowest BCUT2D eigenvalue weighted by Gasteiger charge is -2.41. The standard InChI is InChI=1S/C20H22ClFN2O/c1-20(2,24-11-10-14-6-3-4-7-15(14)12-24)13-23-19(25)18-16(21)8-5-9-17(18)22/h3-9H,10-13H2,1-2H3,(H,23,25). The second kappa shape index (κ2) is 7.14. The quantitative estimate of drug-likeness (QED) is 0.892. The van der Waals surface area contributed by atoms with E-state index in [1.165, 1.54) is 29.3 Å². The van der Waals surface area contributed by atoms with Crippen molar-refractivity contribution >= 4 is 17.5 Å². The van der Waals surface area contributed by atoms with Crippen molar-refractivity contribution in [3.63, 3.8) is 0 Å². The van der Waals surface area contributed by atoms with Crippen molar-refractivity contribution in [3.05, 3.63) is 70.0 Å². The van der Waals surface area contributed by atoms with E-state index in [-0.39, 0.29) is 16.1 Å². The van der Waals surface area contributed by atoms with Gasteiger partial charge >= 0.3 is 0 Å². The van der Waals surface area contributed by atoms with Gasteiger partial charge in [-0.15, -0.1) is 0 Å². The van der Waals surface area contributed by atoms with Crippen molar-refractivity contribution in [1.29, 1.82) is 0 Å². The molecule has 0 aliphatic carbocycles. The molecule has 25 heavy (non-hydrogen) atoms. The normalized spacial score (nSPS) is 14.9. The molecule has 1 amide bonds. The van der Waals surface area contributed by atoms with Gasteiger partial charge in [0.05, 0.1) is 10.6 Å². The minimum Gasteiger partial charge on any atom is -0.350 e. The van der Waals surface area contributed by atoms with Crippen molar-refractivity contribution in [2.75, 3.05) is 13.1 Å². The van der Waals surface area contributed by atoms with Gasteiger partial charge < -0.3 is 5.32 Å². The van der Waals surface area contributed by atoms with Crippen LogP contribution in [0.15, 0.2) is 42.5 Å². The summed E-state index contributed by atoms with van der Waals surface area (Å²) in [4.78, 5) is 14.7. The molecule has 3 nitrogen and oxygen atoms in total. The average molecular weight is 361 g/mol. The number of amides is 1. The van der Waals surface area contributed by atoms with Crippen LogP contribution < -0.4 is 5.32 Å². The highest BCUT2D eigenvalue weighted by molar-refractivity contribution is 6.33. The summed E-state index contributed by atoms with van der Waals surface area (Å²) in [5.41, 5.74) is 2.37. The van der Waals surface area contributed by atoms with Crippen LogP contribution in [0.4, 0.5) is 4.39 Å². The van der Waals surface area contributed by atoms with Crippen LogP contribution in [0.3, 0.4) is 0 Å². The number of nitrogens with zero attached hydrogens (tertiary/aromatic N) is 1. The van der Waals surface area contributed by atoms with Crippen molar-refractivity contribution < 1.29 is 9.18 Å². The summed E-state index contributed by atoms with van der Waals surface area (Å²) in [6.45, 7) is 6.37. The predicted molar refractivity (Wildman–Crippen MR) is 98.4 cm³/mol. The third kappa shape index (κ3) is 3.86. The molecule has 0 atom stereocenters. The Labute approximate surface area is 152 Å². The van der Waals surface area contributed by atoms with Gasteiger partial charge in [0.2, 0.25) is 0 Å². The molecule has 1 heterocycles. The predicted octanol–water partition coefficient (Wildman–Crippen LogP) is 4.05. The van der Waals surface area contributed by atoms with E-state index in [2.05, 4.69) is 48.3 Å². The van der Waals surface area contributed by atoms with Gasteiger partial charge in [-0.05, 0) is 43.5 Å². The summed E-state index contributed by atoms with van der Waals surface area (Å²) in [5, 5.41) is 2.96. The van der Waals surface area contributed by atoms with Gasteiger partial charge in [-0.3, -0.25) is 9.69 Å². The van der Waals surface area contributed by atoms with Gasteiger partial charge in [0.25, 0.3) is 5.91 Å². The Morgan fingerprint density at radius 2 is 1.92 bits per heavy atom. The molecule has 5 heteroatoms. The summed E-state index contributed by atoms with van der Waals surface area (Å²) in [6.07, 6.45) is 0.993. The van der Waals surface area contributed by atoms with Crippen molar-refractivity contribution in [2.45, 2.75) is 32.4 Å². The number of nitrogens with one attached hydrogen (secondary N) is 1. The van der Waals surface area contributed by atoms with E-state index in [1.807, 2.05) is 0 Å². The maximum Gasteiger partial charge on any atom is 0.255 e. The lowest BCUT2D eigenvalue weighted by molar-refractivity contribution is 0.0823. The van der Waals surface area contributed by atoms with Crippen molar-refractivity contribution in [3.8, 4) is 0 Å². The number of hydrogen-bond acceptors (Lipinski definition) is 2. The Kier molecular flexibility index (Phi) is 5.11. The van der Waals surface area contributed by atoms with E-state index in [0.29, 0.717) is 6.54 Å². The first kappa shape index (κ1) is 17.9. The first-order chi connectivity index (χ1) is 11.9. The van der Waals surface area contributed by atoms with Crippen LogP contribution in [0.2, 0.25) is 5.02 Å². The van der Waals surface area contributed by atoms with E-state index >= 15 is 0 Å². The van der Waals surface area contributed by atoms with Gasteiger partial charge in [-0.25, -0.2) is 4.39 Å². The zero-order valence-electron chi connectivity index (χ0n) is 14.5. The Bertz CT molecular complexity index is 771. The Morgan fingerprint density at radius 3 is 2.64 bits per heavy atom. The third-order valence-corrected chi connectivity index (χ3v) is 5.17. The average Bonchev–Trinajstić information content (AvgIpc) is 2.59. The van der Waals surface area contributed by atoms with Crippen LogP contribution in [-0.2, 0) is 13.0 Å². The SMILES string of the molecule is CC(C)(CNC(=O)c1c(F)cccc1Cl)N1CCc2ccccc2C1. The molecule has 2 aromatic carbocycles. The van der Waals surface area contributed by atoms with E-state index in [4.69, 9.17) is 11.6 Å². The number of fused-ring (bicyclic) bond motifs is 1. The fraction of sp³-hybridized carbons (Fsp3) is 0.350. The lowest BCUT2D eigenvalue weighted by atomic mass is 9.94. The van der Waals surface area contributed by atoms with E-state index < -0.39 is 11.7 Å². The molecule has 0 spiro atoms. The van der Waals surface area contributed by atoms with Gasteiger partial charge in [0, 0.05) is 25.2 Å². The molecule has 1 N–H and O–H groups in total. The molecule has 1 aliphatic rings. The second-order valence-corrected chi connectivity index (χ2v) is 7.44. The third-order valence-electron chi connectivity index (χ3n) is 4.86. The van der Waals surface area contributed by atoms with E-state index in [1.54, 1.807) is 0 Å². The largest absolute Gasteiger partial charge is 0.350 e. The fourth-order valence-electron chi connectivity index (χ4n) is 3.22. The molecular formula is C20H22ClFN2O. The molecule has 2 aromatic rings. The summed E-state index contributed by atoms with van der Waals surface area (Å²) < 4.78 is 13.9. The molecule has 0 bridgehead atoms.